The maximum absolute atomic E-state index is 17.4. The first-order chi connectivity index (χ1) is 32.7. The largest absolute Gasteiger partial charge is 0.312 e. The van der Waals surface area contributed by atoms with Crippen LogP contribution in [-0.2, 0) is 0 Å². The van der Waals surface area contributed by atoms with E-state index in [1.54, 1.807) is 6.07 Å². The van der Waals surface area contributed by atoms with E-state index < -0.39 is 0 Å². The standard InChI is InChI=1S/C60H37B2FN2S/c63-50-24-14-21-45(42-29-27-41(28-30-42)38-15-4-1-5-16-38)59(50)65-51-25-12-10-22-46(51)61-48-35-43(39-17-6-2-7-18-39)31-33-52(48)64-53-34-32-44(40-19-8-3-9-20-40)36-49(53)62-47-23-11-13-26-55(47)66-56-37-54(65)57(61)60(64)58(56)62/h1-37H. The van der Waals surface area contributed by atoms with Gasteiger partial charge in [-0.25, -0.2) is 4.39 Å². The monoisotopic (exact) mass is 858 g/mol. The third-order valence-corrected chi connectivity index (χ3v) is 15.3. The van der Waals surface area contributed by atoms with Gasteiger partial charge in [0.25, 0.3) is 6.71 Å². The molecule has 6 heteroatoms. The molecule has 0 radical (unpaired) electrons. The van der Waals surface area contributed by atoms with Gasteiger partial charge in [-0.2, -0.15) is 0 Å². The highest BCUT2D eigenvalue weighted by Crippen LogP contribution is 2.50. The molecular formula is C60H37B2FN2S. The zero-order chi connectivity index (χ0) is 43.5. The first-order valence-corrected chi connectivity index (χ1v) is 23.5. The average molecular weight is 859 g/mol. The minimum absolute atomic E-state index is 0.00349. The molecule has 0 saturated heterocycles. The Kier molecular flexibility index (Phi) is 8.32. The molecule has 4 aliphatic heterocycles. The van der Waals surface area contributed by atoms with Gasteiger partial charge < -0.3 is 9.80 Å². The second-order valence-corrected chi connectivity index (χ2v) is 18.7. The first kappa shape index (κ1) is 37.6. The van der Waals surface area contributed by atoms with E-state index in [-0.39, 0.29) is 19.2 Å². The summed E-state index contributed by atoms with van der Waals surface area (Å²) in [6.45, 7) is -0.118. The summed E-state index contributed by atoms with van der Waals surface area (Å²) in [7, 11) is 0. The lowest BCUT2D eigenvalue weighted by Crippen LogP contribution is -2.68. The van der Waals surface area contributed by atoms with Gasteiger partial charge in [-0.3, -0.25) is 0 Å². The van der Waals surface area contributed by atoms with Crippen LogP contribution in [-0.4, -0.2) is 13.4 Å². The van der Waals surface area contributed by atoms with Crippen LogP contribution >= 0.6 is 11.8 Å². The second-order valence-electron chi connectivity index (χ2n) is 17.7. The Morgan fingerprint density at radius 3 is 1.45 bits per heavy atom. The van der Waals surface area contributed by atoms with Gasteiger partial charge in [-0.1, -0.05) is 205 Å². The van der Waals surface area contributed by atoms with Gasteiger partial charge in [0, 0.05) is 43.8 Å². The first-order valence-electron chi connectivity index (χ1n) is 22.7. The van der Waals surface area contributed by atoms with Crippen LogP contribution in [0.15, 0.2) is 234 Å². The number of hydrogen-bond donors (Lipinski definition) is 0. The molecule has 0 N–H and O–H groups in total. The molecule has 0 bridgehead atoms. The summed E-state index contributed by atoms with van der Waals surface area (Å²) >= 11 is 1.84. The van der Waals surface area contributed by atoms with Crippen molar-refractivity contribution in [2.24, 2.45) is 0 Å². The molecule has 2 nitrogen and oxygen atoms in total. The number of nitrogens with zero attached hydrogens (tertiary/aromatic N) is 2. The number of hydrogen-bond acceptors (Lipinski definition) is 3. The molecule has 0 fully saturated rings. The zero-order valence-corrected chi connectivity index (χ0v) is 36.5. The minimum atomic E-state index is -0.263. The van der Waals surface area contributed by atoms with Gasteiger partial charge >= 0.3 is 0 Å². The lowest BCUT2D eigenvalue weighted by Gasteiger charge is -2.49. The van der Waals surface area contributed by atoms with E-state index in [9.17, 15) is 0 Å². The van der Waals surface area contributed by atoms with Crippen molar-refractivity contribution in [3.63, 3.8) is 0 Å². The van der Waals surface area contributed by atoms with Gasteiger partial charge in [0.1, 0.15) is 5.82 Å². The summed E-state index contributed by atoms with van der Waals surface area (Å²) in [4.78, 5) is 7.26. The second kappa shape index (κ2) is 14.6. The number of para-hydroxylation sites is 2. The molecule has 306 valence electrons. The summed E-state index contributed by atoms with van der Waals surface area (Å²) in [5.74, 6) is -0.263. The van der Waals surface area contributed by atoms with Crippen molar-refractivity contribution in [1.82, 2.24) is 0 Å². The van der Waals surface area contributed by atoms with Crippen molar-refractivity contribution in [3.05, 3.63) is 230 Å². The van der Waals surface area contributed by atoms with Gasteiger partial charge in [0.2, 0.25) is 6.71 Å². The van der Waals surface area contributed by atoms with Crippen LogP contribution in [0.3, 0.4) is 0 Å². The molecular weight excluding hydrogens is 821 g/mol. The van der Waals surface area contributed by atoms with Crippen molar-refractivity contribution >= 4 is 92.1 Å². The molecule has 0 unspecified atom stereocenters. The van der Waals surface area contributed by atoms with Gasteiger partial charge in [-0.05, 0) is 103 Å². The molecule has 0 atom stereocenters. The molecule has 10 aromatic rings. The van der Waals surface area contributed by atoms with Gasteiger partial charge in [0.15, 0.2) is 0 Å². The Morgan fingerprint density at radius 2 is 0.803 bits per heavy atom. The third-order valence-electron chi connectivity index (χ3n) is 14.2. The summed E-state index contributed by atoms with van der Waals surface area (Å²) < 4.78 is 17.4. The smallest absolute Gasteiger partial charge is 0.252 e. The van der Waals surface area contributed by atoms with Crippen LogP contribution in [0.5, 0.6) is 0 Å². The zero-order valence-electron chi connectivity index (χ0n) is 35.7. The fourth-order valence-electron chi connectivity index (χ4n) is 11.3. The van der Waals surface area contributed by atoms with Crippen molar-refractivity contribution in [3.8, 4) is 44.5 Å². The summed E-state index contributed by atoms with van der Waals surface area (Å²) in [6.07, 6.45) is 0. The molecule has 0 spiro atoms. The summed E-state index contributed by atoms with van der Waals surface area (Å²) in [6, 6.07) is 80.2. The van der Waals surface area contributed by atoms with Gasteiger partial charge in [-0.15, -0.1) is 0 Å². The van der Waals surface area contributed by atoms with E-state index in [4.69, 9.17) is 0 Å². The summed E-state index contributed by atoms with van der Waals surface area (Å²) in [5, 5.41) is 0. The molecule has 10 aromatic carbocycles. The van der Waals surface area contributed by atoms with Crippen LogP contribution in [0.4, 0.5) is 38.5 Å². The van der Waals surface area contributed by atoms with Crippen molar-refractivity contribution in [1.29, 1.82) is 0 Å². The highest BCUT2D eigenvalue weighted by atomic mass is 32.2. The number of fused-ring (bicyclic) bond motifs is 10. The third kappa shape index (κ3) is 5.52. The van der Waals surface area contributed by atoms with E-state index in [1.165, 1.54) is 76.4 Å². The van der Waals surface area contributed by atoms with E-state index in [0.717, 1.165) is 39.1 Å². The normalized spacial score (nSPS) is 13.3. The molecule has 4 aliphatic rings. The van der Waals surface area contributed by atoms with Crippen LogP contribution in [0, 0.1) is 5.82 Å². The SMILES string of the molecule is Fc1cccc(-c2ccc(-c3ccccc3)cc2)c1N1c2ccccc2B2c3cc(-c4ccccc4)ccc3N3c4ccc(-c5ccccc5)cc4B4c5ccccc5Sc5cc1c2c3c54. The Labute approximate surface area is 388 Å². The molecule has 66 heavy (non-hydrogen) atoms. The molecule has 4 heterocycles. The topological polar surface area (TPSA) is 6.48 Å². The molecule has 0 saturated carbocycles. The van der Waals surface area contributed by atoms with Crippen LogP contribution in [0.2, 0.25) is 0 Å². The number of anilines is 6. The number of benzene rings is 10. The van der Waals surface area contributed by atoms with Crippen molar-refractivity contribution in [2.75, 3.05) is 9.80 Å². The van der Waals surface area contributed by atoms with E-state index in [2.05, 4.69) is 216 Å². The minimum Gasteiger partial charge on any atom is -0.312 e. The van der Waals surface area contributed by atoms with E-state index in [0.29, 0.717) is 5.69 Å². The maximum atomic E-state index is 17.4. The Bertz CT molecular complexity index is 3590. The van der Waals surface area contributed by atoms with Crippen LogP contribution < -0.4 is 42.6 Å². The lowest BCUT2D eigenvalue weighted by atomic mass is 9.29. The molecule has 0 amide bonds. The molecule has 0 aromatic heterocycles. The number of rotatable bonds is 5. The maximum Gasteiger partial charge on any atom is 0.252 e. The van der Waals surface area contributed by atoms with Crippen LogP contribution in [0.25, 0.3) is 44.5 Å². The average Bonchev–Trinajstić information content (AvgIpc) is 3.39. The quantitative estimate of drug-likeness (QED) is 0.159. The Balaban J connectivity index is 1.07. The molecule has 0 aliphatic carbocycles. The Hall–Kier alpha value is -7.79. The predicted molar refractivity (Wildman–Crippen MR) is 277 cm³/mol. The van der Waals surface area contributed by atoms with Crippen molar-refractivity contribution < 1.29 is 4.39 Å². The van der Waals surface area contributed by atoms with Crippen LogP contribution in [0.1, 0.15) is 0 Å². The number of halogens is 1. The van der Waals surface area contributed by atoms with Gasteiger partial charge in [0.05, 0.1) is 5.69 Å². The molecule has 14 rings (SSSR count). The highest BCUT2D eigenvalue weighted by molar-refractivity contribution is 8.00. The fourth-order valence-corrected chi connectivity index (χ4v) is 12.5. The van der Waals surface area contributed by atoms with Crippen molar-refractivity contribution in [2.45, 2.75) is 9.79 Å². The predicted octanol–water partition coefficient (Wildman–Crippen LogP) is 11.9. The Morgan fingerprint density at radius 1 is 0.318 bits per heavy atom. The van der Waals surface area contributed by atoms with E-state index in [1.807, 2.05) is 23.9 Å². The highest BCUT2D eigenvalue weighted by Gasteiger charge is 2.51. The summed E-state index contributed by atoms with van der Waals surface area (Å²) in [5.41, 5.74) is 22.5. The van der Waals surface area contributed by atoms with E-state index >= 15 is 4.39 Å². The fraction of sp³-hybridized carbons (Fsp3) is 0. The lowest BCUT2D eigenvalue weighted by molar-refractivity contribution is 0.629.